The molecule has 92 valence electrons. The van der Waals surface area contributed by atoms with Crippen molar-refractivity contribution in [1.82, 2.24) is 10.2 Å². The standard InChI is InChI=1S/C14H20N2O/c1-11-9-16(14(2,3)10-15-11)13(17)12-7-5-4-6-8-12/h4-8,11,15H,9-10H2,1-3H3. The highest BCUT2D eigenvalue weighted by Crippen LogP contribution is 2.21. The van der Waals surface area contributed by atoms with Crippen LogP contribution in [0.4, 0.5) is 0 Å². The van der Waals surface area contributed by atoms with Crippen LogP contribution in [0.5, 0.6) is 0 Å². The number of carbonyl (C=O) groups is 1. The molecule has 3 nitrogen and oxygen atoms in total. The van der Waals surface area contributed by atoms with Gasteiger partial charge in [0.2, 0.25) is 0 Å². The van der Waals surface area contributed by atoms with E-state index in [0.29, 0.717) is 6.04 Å². The number of hydrogen-bond acceptors (Lipinski definition) is 2. The van der Waals surface area contributed by atoms with E-state index in [1.807, 2.05) is 35.2 Å². The topological polar surface area (TPSA) is 32.3 Å². The van der Waals surface area contributed by atoms with Gasteiger partial charge in [0.1, 0.15) is 0 Å². The van der Waals surface area contributed by atoms with E-state index in [4.69, 9.17) is 0 Å². The summed E-state index contributed by atoms with van der Waals surface area (Å²) in [5.74, 6) is 0.129. The van der Waals surface area contributed by atoms with Gasteiger partial charge in [-0.2, -0.15) is 0 Å². The zero-order valence-electron chi connectivity index (χ0n) is 10.7. The summed E-state index contributed by atoms with van der Waals surface area (Å²) in [6.45, 7) is 7.92. The minimum Gasteiger partial charge on any atom is -0.331 e. The third-order valence-electron chi connectivity index (χ3n) is 3.34. The maximum atomic E-state index is 12.5. The first-order valence-electron chi connectivity index (χ1n) is 6.11. The van der Waals surface area contributed by atoms with E-state index in [1.54, 1.807) is 0 Å². The Morgan fingerprint density at radius 2 is 2.00 bits per heavy atom. The van der Waals surface area contributed by atoms with Gasteiger partial charge in [0, 0.05) is 24.7 Å². The molecule has 2 rings (SSSR count). The highest BCUT2D eigenvalue weighted by Gasteiger charge is 2.35. The van der Waals surface area contributed by atoms with Crippen LogP contribution in [0, 0.1) is 0 Å². The van der Waals surface area contributed by atoms with Crippen LogP contribution < -0.4 is 5.32 Å². The van der Waals surface area contributed by atoms with Crippen molar-refractivity contribution in [2.45, 2.75) is 32.4 Å². The van der Waals surface area contributed by atoms with E-state index in [-0.39, 0.29) is 11.4 Å². The Balaban J connectivity index is 2.23. The Morgan fingerprint density at radius 3 is 2.65 bits per heavy atom. The molecule has 0 radical (unpaired) electrons. The first-order valence-corrected chi connectivity index (χ1v) is 6.11. The lowest BCUT2D eigenvalue weighted by atomic mass is 9.96. The minimum absolute atomic E-state index is 0.126. The molecule has 1 N–H and O–H groups in total. The Morgan fingerprint density at radius 1 is 1.35 bits per heavy atom. The molecule has 0 bridgehead atoms. The van der Waals surface area contributed by atoms with E-state index in [2.05, 4.69) is 26.1 Å². The van der Waals surface area contributed by atoms with Crippen molar-refractivity contribution in [3.63, 3.8) is 0 Å². The number of nitrogens with zero attached hydrogens (tertiary/aromatic N) is 1. The molecule has 1 aliphatic rings. The number of piperazine rings is 1. The van der Waals surface area contributed by atoms with Crippen LogP contribution in [0.3, 0.4) is 0 Å². The zero-order chi connectivity index (χ0) is 12.5. The van der Waals surface area contributed by atoms with Crippen molar-refractivity contribution in [2.75, 3.05) is 13.1 Å². The molecule has 1 aromatic carbocycles. The number of hydrogen-bond donors (Lipinski definition) is 1. The predicted molar refractivity (Wildman–Crippen MR) is 69.0 cm³/mol. The number of amides is 1. The van der Waals surface area contributed by atoms with E-state index in [0.717, 1.165) is 18.7 Å². The Hall–Kier alpha value is -1.35. The highest BCUT2D eigenvalue weighted by atomic mass is 16.2. The lowest BCUT2D eigenvalue weighted by molar-refractivity contribution is 0.0411. The maximum Gasteiger partial charge on any atom is 0.254 e. The molecular formula is C14H20N2O. The summed E-state index contributed by atoms with van der Waals surface area (Å²) in [6.07, 6.45) is 0. The van der Waals surface area contributed by atoms with Crippen molar-refractivity contribution >= 4 is 5.91 Å². The molecule has 1 saturated heterocycles. The molecule has 3 heteroatoms. The lowest BCUT2D eigenvalue weighted by Gasteiger charge is -2.45. The molecule has 0 aromatic heterocycles. The third-order valence-corrected chi connectivity index (χ3v) is 3.34. The first-order chi connectivity index (χ1) is 8.00. The summed E-state index contributed by atoms with van der Waals surface area (Å²) in [7, 11) is 0. The molecule has 1 amide bonds. The van der Waals surface area contributed by atoms with E-state index in [9.17, 15) is 4.79 Å². The van der Waals surface area contributed by atoms with Gasteiger partial charge in [-0.15, -0.1) is 0 Å². The normalized spacial score (nSPS) is 23.5. The Kier molecular flexibility index (Phi) is 3.20. The van der Waals surface area contributed by atoms with Gasteiger partial charge in [0.15, 0.2) is 0 Å². The van der Waals surface area contributed by atoms with Crippen molar-refractivity contribution < 1.29 is 4.79 Å². The zero-order valence-corrected chi connectivity index (χ0v) is 10.7. The summed E-state index contributed by atoms with van der Waals surface area (Å²) in [4.78, 5) is 14.4. The second-order valence-electron chi connectivity index (χ2n) is 5.38. The molecule has 1 aliphatic heterocycles. The van der Waals surface area contributed by atoms with Crippen molar-refractivity contribution in [3.05, 3.63) is 35.9 Å². The van der Waals surface area contributed by atoms with Crippen LogP contribution in [-0.4, -0.2) is 35.5 Å². The van der Waals surface area contributed by atoms with E-state index >= 15 is 0 Å². The van der Waals surface area contributed by atoms with Gasteiger partial charge < -0.3 is 10.2 Å². The van der Waals surface area contributed by atoms with Crippen LogP contribution in [0.2, 0.25) is 0 Å². The highest BCUT2D eigenvalue weighted by molar-refractivity contribution is 5.94. The van der Waals surface area contributed by atoms with Gasteiger partial charge in [0.25, 0.3) is 5.91 Å². The van der Waals surface area contributed by atoms with Crippen LogP contribution in [0.25, 0.3) is 0 Å². The lowest BCUT2D eigenvalue weighted by Crippen LogP contribution is -2.62. The maximum absolute atomic E-state index is 12.5. The fourth-order valence-corrected chi connectivity index (χ4v) is 2.20. The van der Waals surface area contributed by atoms with Gasteiger partial charge in [-0.3, -0.25) is 4.79 Å². The number of carbonyl (C=O) groups excluding carboxylic acids is 1. The Bertz CT molecular complexity index is 400. The molecule has 1 unspecified atom stereocenters. The molecule has 1 atom stereocenters. The number of rotatable bonds is 1. The van der Waals surface area contributed by atoms with Crippen molar-refractivity contribution in [3.8, 4) is 0 Å². The molecular weight excluding hydrogens is 212 g/mol. The van der Waals surface area contributed by atoms with Crippen LogP contribution >= 0.6 is 0 Å². The fourth-order valence-electron chi connectivity index (χ4n) is 2.20. The van der Waals surface area contributed by atoms with Crippen molar-refractivity contribution in [1.29, 1.82) is 0 Å². The molecule has 1 fully saturated rings. The summed E-state index contributed by atoms with van der Waals surface area (Å²) in [5.41, 5.74) is 0.647. The Labute approximate surface area is 103 Å². The van der Waals surface area contributed by atoms with E-state index in [1.165, 1.54) is 0 Å². The third kappa shape index (κ3) is 2.50. The molecule has 0 saturated carbocycles. The molecule has 0 aliphatic carbocycles. The van der Waals surface area contributed by atoms with Gasteiger partial charge in [-0.25, -0.2) is 0 Å². The first kappa shape index (κ1) is 12.1. The second-order valence-corrected chi connectivity index (χ2v) is 5.38. The number of benzene rings is 1. The summed E-state index contributed by atoms with van der Waals surface area (Å²) >= 11 is 0. The summed E-state index contributed by atoms with van der Waals surface area (Å²) in [6, 6.07) is 9.87. The van der Waals surface area contributed by atoms with Gasteiger partial charge in [0.05, 0.1) is 5.54 Å². The van der Waals surface area contributed by atoms with Crippen molar-refractivity contribution in [2.24, 2.45) is 0 Å². The van der Waals surface area contributed by atoms with Gasteiger partial charge in [-0.1, -0.05) is 18.2 Å². The van der Waals surface area contributed by atoms with Gasteiger partial charge >= 0.3 is 0 Å². The average Bonchev–Trinajstić information content (AvgIpc) is 2.33. The summed E-state index contributed by atoms with van der Waals surface area (Å²) < 4.78 is 0. The monoisotopic (exact) mass is 232 g/mol. The van der Waals surface area contributed by atoms with Gasteiger partial charge in [-0.05, 0) is 32.9 Å². The summed E-state index contributed by atoms with van der Waals surface area (Å²) in [5, 5.41) is 3.41. The second kappa shape index (κ2) is 4.49. The largest absolute Gasteiger partial charge is 0.331 e. The van der Waals surface area contributed by atoms with E-state index < -0.39 is 0 Å². The average molecular weight is 232 g/mol. The smallest absolute Gasteiger partial charge is 0.254 e. The quantitative estimate of drug-likeness (QED) is 0.802. The fraction of sp³-hybridized carbons (Fsp3) is 0.500. The number of nitrogens with one attached hydrogen (secondary N) is 1. The molecule has 1 heterocycles. The molecule has 1 aromatic rings. The van der Waals surface area contributed by atoms with Crippen LogP contribution in [0.15, 0.2) is 30.3 Å². The van der Waals surface area contributed by atoms with Crippen LogP contribution in [-0.2, 0) is 0 Å². The SMILES string of the molecule is CC1CN(C(=O)c2ccccc2)C(C)(C)CN1. The molecule has 0 spiro atoms. The minimum atomic E-state index is -0.126. The molecule has 17 heavy (non-hydrogen) atoms. The predicted octanol–water partition coefficient (Wildman–Crippen LogP) is 1.90. The van der Waals surface area contributed by atoms with Crippen LogP contribution in [0.1, 0.15) is 31.1 Å².